The highest BCUT2D eigenvalue weighted by atomic mass is 16.4. The van der Waals surface area contributed by atoms with Gasteiger partial charge in [0.2, 0.25) is 5.91 Å². The van der Waals surface area contributed by atoms with E-state index in [0.717, 1.165) is 6.42 Å². The molecule has 2 aliphatic rings. The third kappa shape index (κ3) is 2.05. The Kier molecular flexibility index (Phi) is 2.92. The number of hydrogen-bond acceptors (Lipinski definition) is 2. The van der Waals surface area contributed by atoms with Crippen molar-refractivity contribution < 1.29 is 14.7 Å². The Morgan fingerprint density at radius 3 is 2.29 bits per heavy atom. The molecular formula is C13H21NO3. The first-order valence-electron chi connectivity index (χ1n) is 6.51. The highest BCUT2D eigenvalue weighted by Crippen LogP contribution is 2.70. The van der Waals surface area contributed by atoms with Gasteiger partial charge in [-0.15, -0.1) is 0 Å². The minimum atomic E-state index is -0.806. The van der Waals surface area contributed by atoms with Crippen LogP contribution in [0.5, 0.6) is 0 Å². The molecular weight excluding hydrogens is 218 g/mol. The van der Waals surface area contributed by atoms with Gasteiger partial charge in [0.25, 0.3) is 0 Å². The van der Waals surface area contributed by atoms with Gasteiger partial charge >= 0.3 is 5.97 Å². The van der Waals surface area contributed by atoms with Crippen LogP contribution in [0.25, 0.3) is 0 Å². The van der Waals surface area contributed by atoms with Crippen molar-refractivity contribution in [2.24, 2.45) is 16.7 Å². The average molecular weight is 239 g/mol. The van der Waals surface area contributed by atoms with Crippen molar-refractivity contribution >= 4 is 11.9 Å². The molecule has 0 aromatic rings. The second-order valence-electron chi connectivity index (χ2n) is 5.63. The van der Waals surface area contributed by atoms with Crippen LogP contribution >= 0.6 is 0 Å². The molecule has 2 aliphatic carbocycles. The van der Waals surface area contributed by atoms with Crippen LogP contribution in [0.4, 0.5) is 0 Å². The quantitative estimate of drug-likeness (QED) is 0.742. The van der Waals surface area contributed by atoms with Gasteiger partial charge in [-0.3, -0.25) is 9.59 Å². The topological polar surface area (TPSA) is 66.4 Å². The summed E-state index contributed by atoms with van der Waals surface area (Å²) in [5.41, 5.74) is -0.449. The van der Waals surface area contributed by atoms with Crippen LogP contribution in [0.15, 0.2) is 0 Å². The van der Waals surface area contributed by atoms with E-state index in [9.17, 15) is 14.7 Å². The number of nitrogens with one attached hydrogen (secondary N) is 1. The second kappa shape index (κ2) is 4.00. The number of carbonyl (C=O) groups is 2. The molecule has 1 atom stereocenters. The van der Waals surface area contributed by atoms with Gasteiger partial charge in [0.05, 0.1) is 5.41 Å². The van der Waals surface area contributed by atoms with E-state index in [1.807, 2.05) is 13.8 Å². The minimum absolute atomic E-state index is 0.0648. The van der Waals surface area contributed by atoms with Crippen molar-refractivity contribution in [3.63, 3.8) is 0 Å². The van der Waals surface area contributed by atoms with Gasteiger partial charge in [-0.05, 0) is 37.5 Å². The van der Waals surface area contributed by atoms with Gasteiger partial charge in [0.15, 0.2) is 0 Å². The van der Waals surface area contributed by atoms with E-state index < -0.39 is 11.4 Å². The van der Waals surface area contributed by atoms with Gasteiger partial charge in [-0.2, -0.15) is 0 Å². The van der Waals surface area contributed by atoms with Crippen LogP contribution in [0.1, 0.15) is 46.0 Å². The summed E-state index contributed by atoms with van der Waals surface area (Å²) in [5, 5.41) is 12.1. The molecule has 1 amide bonds. The number of amides is 1. The average Bonchev–Trinajstić information content (AvgIpc) is 3.21. The molecule has 2 rings (SSSR count). The highest BCUT2D eigenvalue weighted by molar-refractivity contribution is 5.84. The highest BCUT2D eigenvalue weighted by Gasteiger charge is 2.65. The normalized spacial score (nSPS) is 24.5. The Morgan fingerprint density at radius 2 is 1.94 bits per heavy atom. The van der Waals surface area contributed by atoms with E-state index in [2.05, 4.69) is 5.32 Å². The zero-order chi connectivity index (χ0) is 12.7. The summed E-state index contributed by atoms with van der Waals surface area (Å²) >= 11 is 0. The number of carboxylic acid groups (broad SMARTS) is 1. The van der Waals surface area contributed by atoms with Gasteiger partial charge in [0.1, 0.15) is 0 Å². The first-order chi connectivity index (χ1) is 7.99. The maximum atomic E-state index is 11.9. The first-order valence-corrected chi connectivity index (χ1v) is 6.51. The first kappa shape index (κ1) is 12.4. The summed E-state index contributed by atoms with van der Waals surface area (Å²) < 4.78 is 0. The number of rotatable bonds is 6. The summed E-state index contributed by atoms with van der Waals surface area (Å²) in [6, 6.07) is 0. The number of hydrogen-bond donors (Lipinski definition) is 2. The van der Waals surface area contributed by atoms with E-state index in [1.54, 1.807) is 0 Å². The lowest BCUT2D eigenvalue weighted by Crippen LogP contribution is -2.43. The molecule has 0 aromatic heterocycles. The molecule has 0 radical (unpaired) electrons. The number of carboxylic acids is 1. The van der Waals surface area contributed by atoms with Crippen LogP contribution < -0.4 is 5.32 Å². The molecule has 1 spiro atoms. The van der Waals surface area contributed by atoms with Gasteiger partial charge < -0.3 is 10.4 Å². The van der Waals surface area contributed by atoms with E-state index >= 15 is 0 Å². The largest absolute Gasteiger partial charge is 0.481 e. The van der Waals surface area contributed by atoms with E-state index in [4.69, 9.17) is 0 Å². The van der Waals surface area contributed by atoms with Crippen LogP contribution in [-0.4, -0.2) is 23.5 Å². The fraction of sp³-hybridized carbons (Fsp3) is 0.846. The fourth-order valence-electron chi connectivity index (χ4n) is 2.69. The molecule has 2 fully saturated rings. The molecule has 0 saturated heterocycles. The molecule has 2 N–H and O–H groups in total. The van der Waals surface area contributed by atoms with Crippen molar-refractivity contribution in [2.75, 3.05) is 6.54 Å². The zero-order valence-corrected chi connectivity index (χ0v) is 10.6. The van der Waals surface area contributed by atoms with Crippen molar-refractivity contribution in [2.45, 2.75) is 46.0 Å². The molecule has 17 heavy (non-hydrogen) atoms. The fourth-order valence-corrected chi connectivity index (χ4v) is 2.69. The van der Waals surface area contributed by atoms with Gasteiger partial charge in [-0.25, -0.2) is 0 Å². The Morgan fingerprint density at radius 1 is 1.35 bits per heavy atom. The third-order valence-corrected chi connectivity index (χ3v) is 4.81. The Labute approximate surface area is 102 Å². The van der Waals surface area contributed by atoms with Crippen molar-refractivity contribution in [1.82, 2.24) is 5.32 Å². The van der Waals surface area contributed by atoms with E-state index in [1.165, 1.54) is 12.8 Å². The predicted molar refractivity (Wildman–Crippen MR) is 63.4 cm³/mol. The maximum absolute atomic E-state index is 11.9. The molecule has 4 heteroatoms. The summed E-state index contributed by atoms with van der Waals surface area (Å²) in [4.78, 5) is 23.1. The lowest BCUT2D eigenvalue weighted by Gasteiger charge is -2.26. The van der Waals surface area contributed by atoms with Crippen LogP contribution in [0.3, 0.4) is 0 Å². The number of aliphatic carboxylic acids is 1. The molecule has 0 bridgehead atoms. The third-order valence-electron chi connectivity index (χ3n) is 4.81. The van der Waals surface area contributed by atoms with Crippen molar-refractivity contribution in [3.05, 3.63) is 0 Å². The number of carbonyl (C=O) groups excluding carboxylic acids is 1. The Bertz CT molecular complexity index is 343. The predicted octanol–water partition coefficient (Wildman–Crippen LogP) is 1.79. The van der Waals surface area contributed by atoms with E-state index in [-0.39, 0.29) is 18.4 Å². The van der Waals surface area contributed by atoms with E-state index in [0.29, 0.717) is 18.3 Å². The maximum Gasteiger partial charge on any atom is 0.311 e. The molecule has 4 nitrogen and oxygen atoms in total. The molecule has 2 saturated carbocycles. The van der Waals surface area contributed by atoms with Crippen molar-refractivity contribution in [3.8, 4) is 0 Å². The monoisotopic (exact) mass is 239 g/mol. The molecule has 0 aliphatic heterocycles. The standard InChI is InChI=1S/C13H21NO3/c1-3-12(4-2,11(16)17)8-14-10(15)9-7-13(9)5-6-13/h9H,3-8H2,1-2H3,(H,14,15)(H,16,17). The molecule has 0 heterocycles. The summed E-state index contributed by atoms with van der Waals surface area (Å²) in [7, 11) is 0. The minimum Gasteiger partial charge on any atom is -0.481 e. The van der Waals surface area contributed by atoms with Gasteiger partial charge in [-0.1, -0.05) is 13.8 Å². The second-order valence-corrected chi connectivity index (χ2v) is 5.63. The summed E-state index contributed by atoms with van der Waals surface area (Å²) in [6.07, 6.45) is 4.47. The summed E-state index contributed by atoms with van der Waals surface area (Å²) in [6.45, 7) is 3.99. The Hall–Kier alpha value is -1.06. The molecule has 0 aromatic carbocycles. The lowest BCUT2D eigenvalue weighted by atomic mass is 9.82. The zero-order valence-electron chi connectivity index (χ0n) is 10.6. The van der Waals surface area contributed by atoms with Crippen LogP contribution in [0.2, 0.25) is 0 Å². The Balaban J connectivity index is 1.87. The van der Waals surface area contributed by atoms with Gasteiger partial charge in [0, 0.05) is 12.5 Å². The van der Waals surface area contributed by atoms with Crippen molar-refractivity contribution in [1.29, 1.82) is 0 Å². The molecule has 1 unspecified atom stereocenters. The lowest BCUT2D eigenvalue weighted by molar-refractivity contribution is -0.149. The molecule has 96 valence electrons. The van der Waals surface area contributed by atoms with Crippen LogP contribution in [-0.2, 0) is 9.59 Å². The smallest absolute Gasteiger partial charge is 0.311 e. The summed E-state index contributed by atoms with van der Waals surface area (Å²) in [5.74, 6) is -0.572. The SMILES string of the molecule is CCC(CC)(CNC(=O)C1CC12CC2)C(=O)O. The van der Waals surface area contributed by atoms with Crippen LogP contribution in [0, 0.1) is 16.7 Å².